The van der Waals surface area contributed by atoms with E-state index in [1.54, 1.807) is 54.6 Å². The van der Waals surface area contributed by atoms with E-state index in [1.165, 1.54) is 18.2 Å². The molecule has 9 aromatic carbocycles. The summed E-state index contributed by atoms with van der Waals surface area (Å²) in [7, 11) is -8.70. The van der Waals surface area contributed by atoms with Crippen molar-refractivity contribution >= 4 is 109 Å². The van der Waals surface area contributed by atoms with Crippen molar-refractivity contribution in [3.05, 3.63) is 164 Å². The van der Waals surface area contributed by atoms with Gasteiger partial charge < -0.3 is 15.2 Å². The van der Waals surface area contributed by atoms with Crippen LogP contribution in [-0.2, 0) is 20.2 Å². The Labute approximate surface area is 378 Å². The van der Waals surface area contributed by atoms with Crippen LogP contribution in [0.2, 0.25) is 0 Å². The molecule has 4 N–H and O–H groups in total. The lowest BCUT2D eigenvalue weighted by molar-refractivity contribution is 0.319. The second-order valence-electron chi connectivity index (χ2n) is 15.0. The molecule has 15 nitrogen and oxygen atoms in total. The number of aromatic hydroxyl groups is 1. The summed E-state index contributed by atoms with van der Waals surface area (Å²) in [5.41, 5.74) is 4.26. The first-order valence-electron chi connectivity index (χ1n) is 20.4. The van der Waals surface area contributed by atoms with Gasteiger partial charge in [-0.25, -0.2) is 0 Å². The van der Waals surface area contributed by atoms with Gasteiger partial charge in [-0.3, -0.25) is 9.11 Å². The molecule has 0 radical (unpaired) electrons. The van der Waals surface area contributed by atoms with Crippen molar-refractivity contribution in [3.8, 4) is 11.5 Å². The Bertz CT molecular complexity index is 3660. The lowest BCUT2D eigenvalue weighted by Crippen LogP contribution is -2.08. The summed E-state index contributed by atoms with van der Waals surface area (Å²) in [6, 6.07) is 48.1. The van der Waals surface area contributed by atoms with E-state index in [-0.39, 0.29) is 23.7 Å². The number of hydrogen-bond acceptors (Lipinski definition) is 13. The minimum atomic E-state index is -4.59. The van der Waals surface area contributed by atoms with Gasteiger partial charge in [0.05, 0.1) is 45.7 Å². The first-order chi connectivity index (χ1) is 31.9. The summed E-state index contributed by atoms with van der Waals surface area (Å²) in [4.78, 5) is -0.346. The number of azo groups is 3. The van der Waals surface area contributed by atoms with E-state index >= 15 is 0 Å². The molecule has 9 rings (SSSR count). The van der Waals surface area contributed by atoms with Crippen molar-refractivity contribution < 1.29 is 35.8 Å². The van der Waals surface area contributed by atoms with E-state index in [9.17, 15) is 26.5 Å². The van der Waals surface area contributed by atoms with E-state index in [0.717, 1.165) is 22.1 Å². The molecule has 328 valence electrons. The SMILES string of the molecule is O=S(=O)(O)CCCOc1cccc2ccc(N=Nc3ccc(N=Nc4ccc(N=Nc5ccc6cc(Nc7ccccc7)ccc6c5O)c5ccccc45)c4cc(S(=O)(=O)O)ccc34)cc12. The van der Waals surface area contributed by atoms with Crippen LogP contribution in [0.5, 0.6) is 11.5 Å². The number of benzene rings is 9. The molecule has 0 spiro atoms. The zero-order chi connectivity index (χ0) is 45.8. The third-order valence-electron chi connectivity index (χ3n) is 10.6. The number of fused-ring (bicyclic) bond motifs is 4. The van der Waals surface area contributed by atoms with E-state index in [1.807, 2.05) is 91.0 Å². The number of phenolic OH excluding ortho intramolecular Hbond substituents is 1. The third kappa shape index (κ3) is 9.74. The van der Waals surface area contributed by atoms with Gasteiger partial charge in [-0.15, -0.1) is 25.6 Å². The molecule has 0 saturated carbocycles. The molecule has 66 heavy (non-hydrogen) atoms. The van der Waals surface area contributed by atoms with Gasteiger partial charge in [0.2, 0.25) is 0 Å². The quantitative estimate of drug-likeness (QED) is 0.0462. The van der Waals surface area contributed by atoms with Crippen molar-refractivity contribution in [2.24, 2.45) is 30.7 Å². The normalized spacial score (nSPS) is 12.4. The van der Waals surface area contributed by atoms with Crippen molar-refractivity contribution in [1.82, 2.24) is 0 Å². The molecule has 0 amide bonds. The first kappa shape index (κ1) is 43.3. The number of rotatable bonds is 14. The molecular formula is C49H37N7O8S2. The topological polar surface area (TPSA) is 224 Å². The smallest absolute Gasteiger partial charge is 0.294 e. The predicted octanol–water partition coefficient (Wildman–Crippen LogP) is 13.9. The standard InChI is InChI=1S/C49H37N7O8S2/c57-49-37-19-17-34(50-33-9-2-1-3-10-33)28-32(37)15-21-47(49)56-54-44-23-22-43(38-11-4-5-12-39(38)44)53-55-46-25-24-45(40-20-18-36(30-42(40)46)66(61,62)63)52-51-35-16-14-31-8-6-13-48(41(31)29-35)64-26-7-27-65(58,59)60/h1-6,8-25,28-30,50,57H,7,26-27H2,(H,58,59,60)(H,61,62,63). The van der Waals surface area contributed by atoms with Gasteiger partial charge in [-0.05, 0) is 108 Å². The summed E-state index contributed by atoms with van der Waals surface area (Å²) in [5, 5.41) is 46.8. The lowest BCUT2D eigenvalue weighted by Gasteiger charge is -2.09. The van der Waals surface area contributed by atoms with Gasteiger partial charge in [0.1, 0.15) is 11.4 Å². The Hall–Kier alpha value is -7.96. The fraction of sp³-hybridized carbons (Fsp3) is 0.0612. The van der Waals surface area contributed by atoms with Crippen LogP contribution < -0.4 is 10.1 Å². The second kappa shape index (κ2) is 18.3. The predicted molar refractivity (Wildman–Crippen MR) is 256 cm³/mol. The van der Waals surface area contributed by atoms with Crippen LogP contribution in [0.25, 0.3) is 43.1 Å². The van der Waals surface area contributed by atoms with Gasteiger partial charge in [0.15, 0.2) is 5.75 Å². The second-order valence-corrected chi connectivity index (χ2v) is 18.0. The highest BCUT2D eigenvalue weighted by Gasteiger charge is 2.15. The van der Waals surface area contributed by atoms with E-state index < -0.39 is 26.0 Å². The average Bonchev–Trinajstić information content (AvgIpc) is 3.31. The molecule has 0 fully saturated rings. The number of hydrogen-bond donors (Lipinski definition) is 4. The fourth-order valence-electron chi connectivity index (χ4n) is 7.39. The van der Waals surface area contributed by atoms with E-state index in [0.29, 0.717) is 72.2 Å². The minimum absolute atomic E-state index is 0.00226. The molecular weight excluding hydrogens is 879 g/mol. The van der Waals surface area contributed by atoms with Gasteiger partial charge in [-0.2, -0.15) is 21.9 Å². The Kier molecular flexibility index (Phi) is 12.0. The largest absolute Gasteiger partial charge is 0.505 e. The molecule has 0 unspecified atom stereocenters. The van der Waals surface area contributed by atoms with E-state index in [2.05, 4.69) is 36.0 Å². The molecule has 0 atom stereocenters. The number of nitrogens with one attached hydrogen (secondary N) is 1. The average molecular weight is 916 g/mol. The van der Waals surface area contributed by atoms with Crippen LogP contribution in [0.4, 0.5) is 45.5 Å². The van der Waals surface area contributed by atoms with Crippen LogP contribution in [0, 0.1) is 0 Å². The van der Waals surface area contributed by atoms with E-state index in [4.69, 9.17) is 9.29 Å². The maximum absolute atomic E-state index is 12.3. The summed E-state index contributed by atoms with van der Waals surface area (Å²) in [5.74, 6) is 0.0713. The fourth-order valence-corrected chi connectivity index (χ4v) is 8.38. The minimum Gasteiger partial charge on any atom is -0.505 e. The number of anilines is 2. The maximum atomic E-state index is 12.3. The molecule has 0 heterocycles. The highest BCUT2D eigenvalue weighted by atomic mass is 32.2. The van der Waals surface area contributed by atoms with Crippen LogP contribution in [-0.4, -0.2) is 43.4 Å². The molecule has 0 saturated heterocycles. The van der Waals surface area contributed by atoms with Crippen molar-refractivity contribution in [1.29, 1.82) is 0 Å². The van der Waals surface area contributed by atoms with Crippen molar-refractivity contribution in [2.75, 3.05) is 17.7 Å². The van der Waals surface area contributed by atoms with Gasteiger partial charge in [0.25, 0.3) is 20.2 Å². The molecule has 0 aromatic heterocycles. The monoisotopic (exact) mass is 915 g/mol. The number of nitrogens with zero attached hydrogens (tertiary/aromatic N) is 6. The van der Waals surface area contributed by atoms with Gasteiger partial charge >= 0.3 is 0 Å². The summed E-state index contributed by atoms with van der Waals surface area (Å²) < 4.78 is 71.6. The summed E-state index contributed by atoms with van der Waals surface area (Å²) >= 11 is 0. The zero-order valence-corrected chi connectivity index (χ0v) is 36.2. The maximum Gasteiger partial charge on any atom is 0.294 e. The molecule has 17 heteroatoms. The Morgan fingerprint density at radius 2 is 1.06 bits per heavy atom. The van der Waals surface area contributed by atoms with Crippen LogP contribution >= 0.6 is 0 Å². The van der Waals surface area contributed by atoms with Gasteiger partial charge in [-0.1, -0.05) is 72.8 Å². The molecule has 0 aliphatic rings. The molecule has 0 aliphatic heterocycles. The van der Waals surface area contributed by atoms with Crippen LogP contribution in [0.3, 0.4) is 0 Å². The summed E-state index contributed by atoms with van der Waals surface area (Å²) in [6.45, 7) is 0.0638. The highest BCUT2D eigenvalue weighted by molar-refractivity contribution is 7.86. The van der Waals surface area contributed by atoms with Crippen molar-refractivity contribution in [2.45, 2.75) is 11.3 Å². The molecule has 0 aliphatic carbocycles. The first-order valence-corrected chi connectivity index (χ1v) is 23.4. The van der Waals surface area contributed by atoms with Crippen LogP contribution in [0.15, 0.2) is 199 Å². The Morgan fingerprint density at radius 1 is 0.470 bits per heavy atom. The van der Waals surface area contributed by atoms with Crippen molar-refractivity contribution in [3.63, 3.8) is 0 Å². The number of ether oxygens (including phenoxy) is 1. The highest BCUT2D eigenvalue weighted by Crippen LogP contribution is 2.41. The number of phenols is 1. The zero-order valence-electron chi connectivity index (χ0n) is 34.6. The van der Waals surface area contributed by atoms with Crippen LogP contribution in [0.1, 0.15) is 6.42 Å². The lowest BCUT2D eigenvalue weighted by atomic mass is 10.1. The Morgan fingerprint density at radius 3 is 1.74 bits per heavy atom. The third-order valence-corrected chi connectivity index (χ3v) is 12.2. The summed E-state index contributed by atoms with van der Waals surface area (Å²) in [6.07, 6.45) is 0.0998. The van der Waals surface area contributed by atoms with Gasteiger partial charge in [0, 0.05) is 43.7 Å². The number of para-hydroxylation sites is 1. The Balaban J connectivity index is 0.992. The molecule has 0 bridgehead atoms. The molecule has 9 aromatic rings.